The van der Waals surface area contributed by atoms with Crippen molar-refractivity contribution in [3.05, 3.63) is 0 Å². The van der Waals surface area contributed by atoms with E-state index in [9.17, 15) is 4.79 Å². The van der Waals surface area contributed by atoms with Gasteiger partial charge in [-0.15, -0.1) is 0 Å². The number of carbonyl (C=O) groups excluding carboxylic acids is 1. The number of nitrogens with two attached hydrogens (primary N) is 1. The van der Waals surface area contributed by atoms with Gasteiger partial charge in [0.05, 0.1) is 6.04 Å². The van der Waals surface area contributed by atoms with Crippen molar-refractivity contribution < 1.29 is 4.79 Å². The molecule has 0 saturated heterocycles. The van der Waals surface area contributed by atoms with Crippen LogP contribution in [0.3, 0.4) is 0 Å². The van der Waals surface area contributed by atoms with Crippen molar-refractivity contribution in [2.75, 3.05) is 0 Å². The summed E-state index contributed by atoms with van der Waals surface area (Å²) in [5.41, 5.74) is 5.79. The Morgan fingerprint density at radius 3 is 2.62 bits per heavy atom. The molecule has 1 saturated carbocycles. The van der Waals surface area contributed by atoms with E-state index in [-0.39, 0.29) is 17.9 Å². The van der Waals surface area contributed by atoms with Gasteiger partial charge in [-0.2, -0.15) is 0 Å². The molecule has 3 heteroatoms. The molecule has 0 bridgehead atoms. The SMILES string of the molecule is CCC(C)C(N)C(=O)NC1CCC1. The normalized spacial score (nSPS) is 21.8. The summed E-state index contributed by atoms with van der Waals surface area (Å²) in [4.78, 5) is 11.5. The van der Waals surface area contributed by atoms with Crippen LogP contribution >= 0.6 is 0 Å². The summed E-state index contributed by atoms with van der Waals surface area (Å²) in [5.74, 6) is 0.305. The van der Waals surface area contributed by atoms with E-state index in [4.69, 9.17) is 5.73 Å². The molecule has 76 valence electrons. The summed E-state index contributed by atoms with van der Waals surface area (Å²) < 4.78 is 0. The number of carbonyl (C=O) groups is 1. The van der Waals surface area contributed by atoms with Gasteiger partial charge < -0.3 is 11.1 Å². The summed E-state index contributed by atoms with van der Waals surface area (Å²) in [5, 5.41) is 2.97. The van der Waals surface area contributed by atoms with E-state index in [0.717, 1.165) is 19.3 Å². The maximum Gasteiger partial charge on any atom is 0.237 e. The second-order valence-corrected chi connectivity index (χ2v) is 4.05. The average Bonchev–Trinajstić information content (AvgIpc) is 2.08. The largest absolute Gasteiger partial charge is 0.352 e. The molecule has 1 aliphatic carbocycles. The molecule has 0 radical (unpaired) electrons. The molecular weight excluding hydrogens is 164 g/mol. The highest BCUT2D eigenvalue weighted by Crippen LogP contribution is 2.18. The van der Waals surface area contributed by atoms with E-state index in [1.165, 1.54) is 6.42 Å². The monoisotopic (exact) mass is 184 g/mol. The minimum Gasteiger partial charge on any atom is -0.352 e. The molecular formula is C10H20N2O. The molecule has 0 spiro atoms. The van der Waals surface area contributed by atoms with Gasteiger partial charge in [0.25, 0.3) is 0 Å². The Balaban J connectivity index is 2.28. The average molecular weight is 184 g/mol. The first-order valence-corrected chi connectivity index (χ1v) is 5.21. The fourth-order valence-electron chi connectivity index (χ4n) is 1.36. The van der Waals surface area contributed by atoms with Crippen LogP contribution in [-0.4, -0.2) is 18.0 Å². The van der Waals surface area contributed by atoms with Gasteiger partial charge in [0.1, 0.15) is 0 Å². The van der Waals surface area contributed by atoms with Crippen molar-refractivity contribution in [1.82, 2.24) is 5.32 Å². The van der Waals surface area contributed by atoms with Crippen LogP contribution in [0.25, 0.3) is 0 Å². The van der Waals surface area contributed by atoms with Crippen molar-refractivity contribution in [2.24, 2.45) is 11.7 Å². The fourth-order valence-corrected chi connectivity index (χ4v) is 1.36. The van der Waals surface area contributed by atoms with Crippen LogP contribution in [0.1, 0.15) is 39.5 Å². The van der Waals surface area contributed by atoms with Gasteiger partial charge >= 0.3 is 0 Å². The zero-order valence-electron chi connectivity index (χ0n) is 8.55. The number of hydrogen-bond donors (Lipinski definition) is 2. The Bertz CT molecular complexity index is 178. The van der Waals surface area contributed by atoms with E-state index in [2.05, 4.69) is 12.2 Å². The van der Waals surface area contributed by atoms with Crippen molar-refractivity contribution in [1.29, 1.82) is 0 Å². The Morgan fingerprint density at radius 1 is 1.62 bits per heavy atom. The third-order valence-corrected chi connectivity index (χ3v) is 3.01. The maximum atomic E-state index is 11.5. The second-order valence-electron chi connectivity index (χ2n) is 4.05. The molecule has 0 aromatic heterocycles. The molecule has 3 nitrogen and oxygen atoms in total. The first-order valence-electron chi connectivity index (χ1n) is 5.21. The third kappa shape index (κ3) is 2.69. The quantitative estimate of drug-likeness (QED) is 0.685. The van der Waals surface area contributed by atoms with Gasteiger partial charge in [-0.1, -0.05) is 20.3 Å². The van der Waals surface area contributed by atoms with Gasteiger partial charge in [0.2, 0.25) is 5.91 Å². The molecule has 1 amide bonds. The maximum absolute atomic E-state index is 11.5. The Labute approximate surface area is 80.1 Å². The predicted octanol–water partition coefficient (Wildman–Crippen LogP) is 1.03. The topological polar surface area (TPSA) is 55.1 Å². The lowest BCUT2D eigenvalue weighted by atomic mass is 9.92. The summed E-state index contributed by atoms with van der Waals surface area (Å²) >= 11 is 0. The summed E-state index contributed by atoms with van der Waals surface area (Å²) in [6.07, 6.45) is 4.45. The summed E-state index contributed by atoms with van der Waals surface area (Å²) in [7, 11) is 0. The molecule has 0 heterocycles. The molecule has 0 aromatic rings. The standard InChI is InChI=1S/C10H20N2O/c1-3-7(2)9(11)10(13)12-8-5-4-6-8/h7-9H,3-6,11H2,1-2H3,(H,12,13). The van der Waals surface area contributed by atoms with Crippen LogP contribution in [-0.2, 0) is 4.79 Å². The fraction of sp³-hybridized carbons (Fsp3) is 0.900. The molecule has 1 rings (SSSR count). The highest BCUT2D eigenvalue weighted by Gasteiger charge is 2.24. The van der Waals surface area contributed by atoms with Gasteiger partial charge in [-0.25, -0.2) is 0 Å². The second kappa shape index (κ2) is 4.61. The van der Waals surface area contributed by atoms with E-state index >= 15 is 0 Å². The third-order valence-electron chi connectivity index (χ3n) is 3.01. The highest BCUT2D eigenvalue weighted by molar-refractivity contribution is 5.82. The zero-order valence-corrected chi connectivity index (χ0v) is 8.55. The molecule has 2 unspecified atom stereocenters. The molecule has 1 aliphatic rings. The number of rotatable bonds is 4. The molecule has 0 aliphatic heterocycles. The smallest absolute Gasteiger partial charge is 0.237 e. The summed E-state index contributed by atoms with van der Waals surface area (Å²) in [6.45, 7) is 4.08. The summed E-state index contributed by atoms with van der Waals surface area (Å²) in [6, 6.07) is 0.0770. The van der Waals surface area contributed by atoms with Crippen LogP contribution in [0.15, 0.2) is 0 Å². The van der Waals surface area contributed by atoms with Crippen LogP contribution < -0.4 is 11.1 Å². The van der Waals surface area contributed by atoms with E-state index in [1.807, 2.05) is 6.92 Å². The molecule has 2 atom stereocenters. The first-order chi connectivity index (χ1) is 6.15. The van der Waals surface area contributed by atoms with Gasteiger partial charge in [0, 0.05) is 6.04 Å². The van der Waals surface area contributed by atoms with Crippen molar-refractivity contribution >= 4 is 5.91 Å². The molecule has 13 heavy (non-hydrogen) atoms. The Morgan fingerprint density at radius 2 is 2.23 bits per heavy atom. The lowest BCUT2D eigenvalue weighted by molar-refractivity contribution is -0.124. The Hall–Kier alpha value is -0.570. The number of nitrogens with one attached hydrogen (secondary N) is 1. The van der Waals surface area contributed by atoms with Crippen LogP contribution in [0, 0.1) is 5.92 Å². The molecule has 3 N–H and O–H groups in total. The van der Waals surface area contributed by atoms with Crippen molar-refractivity contribution in [3.63, 3.8) is 0 Å². The van der Waals surface area contributed by atoms with Crippen LogP contribution in [0.4, 0.5) is 0 Å². The van der Waals surface area contributed by atoms with Crippen molar-refractivity contribution in [2.45, 2.75) is 51.6 Å². The van der Waals surface area contributed by atoms with Gasteiger partial charge in [-0.05, 0) is 25.2 Å². The minimum absolute atomic E-state index is 0.0269. The minimum atomic E-state index is -0.328. The van der Waals surface area contributed by atoms with Gasteiger partial charge in [0.15, 0.2) is 0 Å². The zero-order chi connectivity index (χ0) is 9.84. The number of amides is 1. The lowest BCUT2D eigenvalue weighted by Crippen LogP contribution is -2.50. The van der Waals surface area contributed by atoms with Gasteiger partial charge in [-0.3, -0.25) is 4.79 Å². The van der Waals surface area contributed by atoms with Crippen LogP contribution in [0.5, 0.6) is 0 Å². The Kier molecular flexibility index (Phi) is 3.72. The van der Waals surface area contributed by atoms with E-state index in [0.29, 0.717) is 6.04 Å². The first kappa shape index (κ1) is 10.5. The highest BCUT2D eigenvalue weighted by atomic mass is 16.2. The predicted molar refractivity (Wildman–Crippen MR) is 53.2 cm³/mol. The van der Waals surface area contributed by atoms with Crippen LogP contribution in [0.2, 0.25) is 0 Å². The lowest BCUT2D eigenvalue weighted by Gasteiger charge is -2.28. The molecule has 0 aromatic carbocycles. The molecule has 1 fully saturated rings. The van der Waals surface area contributed by atoms with E-state index in [1.54, 1.807) is 0 Å². The number of hydrogen-bond acceptors (Lipinski definition) is 2. The van der Waals surface area contributed by atoms with E-state index < -0.39 is 0 Å². The van der Waals surface area contributed by atoms with Crippen molar-refractivity contribution in [3.8, 4) is 0 Å².